The van der Waals surface area contributed by atoms with Crippen molar-refractivity contribution in [2.75, 3.05) is 14.2 Å². The SMILES string of the molecule is CNC(c1ccc(OC)cc1)c1ccc(C2CCC2)cc1. The number of rotatable bonds is 5. The van der Waals surface area contributed by atoms with Gasteiger partial charge >= 0.3 is 0 Å². The van der Waals surface area contributed by atoms with E-state index in [1.165, 1.54) is 36.0 Å². The molecule has 0 radical (unpaired) electrons. The summed E-state index contributed by atoms with van der Waals surface area (Å²) in [6.07, 6.45) is 4.10. The molecule has 1 aliphatic carbocycles. The van der Waals surface area contributed by atoms with Gasteiger partial charge in [-0.05, 0) is 54.6 Å². The van der Waals surface area contributed by atoms with Crippen LogP contribution in [-0.2, 0) is 0 Å². The molecule has 0 aliphatic heterocycles. The number of ether oxygens (including phenoxy) is 1. The Bertz CT molecular complexity index is 570. The first-order valence-corrected chi connectivity index (χ1v) is 7.73. The first-order chi connectivity index (χ1) is 10.3. The van der Waals surface area contributed by atoms with Crippen molar-refractivity contribution in [1.29, 1.82) is 0 Å². The lowest BCUT2D eigenvalue weighted by Gasteiger charge is -2.26. The summed E-state index contributed by atoms with van der Waals surface area (Å²) in [5.74, 6) is 1.70. The highest BCUT2D eigenvalue weighted by Gasteiger charge is 2.20. The van der Waals surface area contributed by atoms with Crippen LogP contribution in [0.1, 0.15) is 47.9 Å². The lowest BCUT2D eigenvalue weighted by molar-refractivity contribution is 0.414. The molecular formula is C19H23NO. The maximum atomic E-state index is 5.23. The molecule has 1 fully saturated rings. The molecule has 1 atom stereocenters. The van der Waals surface area contributed by atoms with Gasteiger partial charge in [-0.2, -0.15) is 0 Å². The minimum atomic E-state index is 0.228. The lowest BCUT2D eigenvalue weighted by atomic mass is 9.79. The van der Waals surface area contributed by atoms with Crippen LogP contribution in [0.5, 0.6) is 5.75 Å². The topological polar surface area (TPSA) is 21.3 Å². The second-order valence-corrected chi connectivity index (χ2v) is 5.79. The van der Waals surface area contributed by atoms with E-state index >= 15 is 0 Å². The van der Waals surface area contributed by atoms with Crippen molar-refractivity contribution < 1.29 is 4.74 Å². The number of hydrogen-bond acceptors (Lipinski definition) is 2. The molecule has 1 N–H and O–H groups in total. The quantitative estimate of drug-likeness (QED) is 0.883. The zero-order valence-corrected chi connectivity index (χ0v) is 12.8. The third-order valence-corrected chi connectivity index (χ3v) is 4.58. The summed E-state index contributed by atoms with van der Waals surface area (Å²) in [6.45, 7) is 0. The van der Waals surface area contributed by atoms with Gasteiger partial charge in [-0.25, -0.2) is 0 Å². The maximum Gasteiger partial charge on any atom is 0.118 e. The number of nitrogens with one attached hydrogen (secondary N) is 1. The summed E-state index contributed by atoms with van der Waals surface area (Å²) in [5, 5.41) is 3.41. The largest absolute Gasteiger partial charge is 0.497 e. The Morgan fingerprint density at radius 2 is 1.52 bits per heavy atom. The highest BCUT2D eigenvalue weighted by molar-refractivity contribution is 5.37. The lowest BCUT2D eigenvalue weighted by Crippen LogP contribution is -2.17. The molecule has 2 nitrogen and oxygen atoms in total. The third kappa shape index (κ3) is 2.96. The van der Waals surface area contributed by atoms with Crippen LogP contribution in [0, 0.1) is 0 Å². The maximum absolute atomic E-state index is 5.23. The molecular weight excluding hydrogens is 258 g/mol. The summed E-state index contributed by atoms with van der Waals surface area (Å²) >= 11 is 0. The molecule has 21 heavy (non-hydrogen) atoms. The molecule has 3 rings (SSSR count). The fourth-order valence-electron chi connectivity index (χ4n) is 3.02. The third-order valence-electron chi connectivity index (χ3n) is 4.58. The molecule has 0 heterocycles. The Kier molecular flexibility index (Phi) is 4.26. The molecule has 0 spiro atoms. The Morgan fingerprint density at radius 3 is 1.95 bits per heavy atom. The van der Waals surface area contributed by atoms with Gasteiger partial charge in [0.15, 0.2) is 0 Å². The molecule has 2 aromatic rings. The summed E-state index contributed by atoms with van der Waals surface area (Å²) in [7, 11) is 3.71. The van der Waals surface area contributed by atoms with E-state index in [0.29, 0.717) is 0 Å². The Hall–Kier alpha value is -1.80. The fourth-order valence-corrected chi connectivity index (χ4v) is 3.02. The zero-order chi connectivity index (χ0) is 14.7. The van der Waals surface area contributed by atoms with Crippen LogP contribution in [-0.4, -0.2) is 14.2 Å². The van der Waals surface area contributed by atoms with E-state index in [4.69, 9.17) is 4.74 Å². The summed E-state index contributed by atoms with van der Waals surface area (Å²) in [4.78, 5) is 0. The smallest absolute Gasteiger partial charge is 0.118 e. The Morgan fingerprint density at radius 1 is 0.952 bits per heavy atom. The number of benzene rings is 2. The van der Waals surface area contributed by atoms with E-state index in [0.717, 1.165) is 11.7 Å². The monoisotopic (exact) mass is 281 g/mol. The van der Waals surface area contributed by atoms with Crippen LogP contribution in [0.3, 0.4) is 0 Å². The molecule has 0 saturated heterocycles. The Labute approximate surface area is 127 Å². The van der Waals surface area contributed by atoms with Crippen molar-refractivity contribution in [3.63, 3.8) is 0 Å². The number of hydrogen-bond donors (Lipinski definition) is 1. The first kappa shape index (κ1) is 14.2. The van der Waals surface area contributed by atoms with E-state index in [2.05, 4.69) is 41.7 Å². The van der Waals surface area contributed by atoms with Crippen LogP contribution in [0.2, 0.25) is 0 Å². The van der Waals surface area contributed by atoms with Crippen molar-refractivity contribution >= 4 is 0 Å². The molecule has 0 bridgehead atoms. The average molecular weight is 281 g/mol. The molecule has 0 aromatic heterocycles. The highest BCUT2D eigenvalue weighted by Crippen LogP contribution is 2.36. The molecule has 0 amide bonds. The fraction of sp³-hybridized carbons (Fsp3) is 0.368. The molecule has 1 aliphatic rings. The molecule has 1 unspecified atom stereocenters. The molecule has 2 aromatic carbocycles. The predicted octanol–water partition coefficient (Wildman–Crippen LogP) is 4.27. The van der Waals surface area contributed by atoms with Gasteiger partial charge in [-0.3, -0.25) is 0 Å². The van der Waals surface area contributed by atoms with Gasteiger partial charge in [0.05, 0.1) is 13.2 Å². The number of methoxy groups -OCH3 is 1. The van der Waals surface area contributed by atoms with Crippen molar-refractivity contribution in [1.82, 2.24) is 5.32 Å². The van der Waals surface area contributed by atoms with Gasteiger partial charge in [0, 0.05) is 0 Å². The summed E-state index contributed by atoms with van der Waals surface area (Å²) in [6, 6.07) is 17.6. The summed E-state index contributed by atoms with van der Waals surface area (Å²) < 4.78 is 5.23. The normalized spacial score (nSPS) is 16.3. The second-order valence-electron chi connectivity index (χ2n) is 5.79. The van der Waals surface area contributed by atoms with Crippen LogP contribution in [0.4, 0.5) is 0 Å². The summed E-state index contributed by atoms with van der Waals surface area (Å²) in [5.41, 5.74) is 4.06. The van der Waals surface area contributed by atoms with Gasteiger partial charge in [0.25, 0.3) is 0 Å². The van der Waals surface area contributed by atoms with Crippen LogP contribution in [0.25, 0.3) is 0 Å². The van der Waals surface area contributed by atoms with Gasteiger partial charge in [-0.1, -0.05) is 42.8 Å². The van der Waals surface area contributed by atoms with Gasteiger partial charge in [0.2, 0.25) is 0 Å². The average Bonchev–Trinajstić information content (AvgIpc) is 2.49. The predicted molar refractivity (Wildman–Crippen MR) is 86.9 cm³/mol. The highest BCUT2D eigenvalue weighted by atomic mass is 16.5. The van der Waals surface area contributed by atoms with Crippen LogP contribution < -0.4 is 10.1 Å². The van der Waals surface area contributed by atoms with E-state index in [1.807, 2.05) is 19.2 Å². The Balaban J connectivity index is 1.81. The molecule has 1 saturated carbocycles. The molecule has 110 valence electrons. The van der Waals surface area contributed by atoms with Crippen molar-refractivity contribution in [3.05, 3.63) is 65.2 Å². The van der Waals surface area contributed by atoms with Crippen LogP contribution in [0.15, 0.2) is 48.5 Å². The van der Waals surface area contributed by atoms with Crippen LogP contribution >= 0.6 is 0 Å². The van der Waals surface area contributed by atoms with E-state index in [1.54, 1.807) is 7.11 Å². The molecule has 2 heteroatoms. The van der Waals surface area contributed by atoms with Gasteiger partial charge in [0.1, 0.15) is 5.75 Å². The van der Waals surface area contributed by atoms with Crippen molar-refractivity contribution in [2.45, 2.75) is 31.2 Å². The zero-order valence-electron chi connectivity index (χ0n) is 12.8. The second kappa shape index (κ2) is 6.31. The van der Waals surface area contributed by atoms with Crippen molar-refractivity contribution in [2.24, 2.45) is 0 Å². The minimum Gasteiger partial charge on any atom is -0.497 e. The standard InChI is InChI=1S/C19H23NO/c1-20-19(17-10-12-18(21-2)13-11-17)16-8-6-15(7-9-16)14-4-3-5-14/h6-14,19-20H,3-5H2,1-2H3. The first-order valence-electron chi connectivity index (χ1n) is 7.73. The van der Waals surface area contributed by atoms with Crippen molar-refractivity contribution in [3.8, 4) is 5.75 Å². The van der Waals surface area contributed by atoms with Gasteiger partial charge in [-0.15, -0.1) is 0 Å². The van der Waals surface area contributed by atoms with E-state index < -0.39 is 0 Å². The van der Waals surface area contributed by atoms with Gasteiger partial charge < -0.3 is 10.1 Å². The van der Waals surface area contributed by atoms with E-state index in [9.17, 15) is 0 Å². The van der Waals surface area contributed by atoms with E-state index in [-0.39, 0.29) is 6.04 Å². The minimum absolute atomic E-state index is 0.228.